The van der Waals surface area contributed by atoms with Gasteiger partial charge in [-0.2, -0.15) is 0 Å². The van der Waals surface area contributed by atoms with E-state index in [9.17, 15) is 19.5 Å². The predicted octanol–water partition coefficient (Wildman–Crippen LogP) is 6.15. The minimum absolute atomic E-state index is 0.119. The van der Waals surface area contributed by atoms with Crippen molar-refractivity contribution in [3.8, 4) is 5.75 Å². The number of fused-ring (bicyclic) bond motifs is 3. The molecule has 0 radical (unpaired) electrons. The Bertz CT molecular complexity index is 2190. The molecule has 0 saturated carbocycles. The smallest absolute Gasteiger partial charge is 0.255 e. The second-order valence-corrected chi connectivity index (χ2v) is 17.0. The summed E-state index contributed by atoms with van der Waals surface area (Å²) in [6.07, 6.45) is 7.54. The number of rotatable bonds is 7. The highest BCUT2D eigenvalue weighted by Crippen LogP contribution is 2.49. The molecule has 9 nitrogen and oxygen atoms in total. The molecule has 0 bridgehead atoms. The van der Waals surface area contributed by atoms with Crippen LogP contribution in [0.4, 0.5) is 11.4 Å². The summed E-state index contributed by atoms with van der Waals surface area (Å²) < 4.78 is 0. The molecule has 288 valence electrons. The summed E-state index contributed by atoms with van der Waals surface area (Å²) in [5, 5.41) is 12.7. The van der Waals surface area contributed by atoms with Crippen molar-refractivity contribution in [3.05, 3.63) is 123 Å². The number of aryl methyl sites for hydroxylation is 2. The highest BCUT2D eigenvalue weighted by molar-refractivity contribution is 6.05. The molecule has 2 N–H and O–H groups in total. The van der Waals surface area contributed by atoms with Crippen molar-refractivity contribution in [1.82, 2.24) is 15.1 Å². The summed E-state index contributed by atoms with van der Waals surface area (Å²) in [5.41, 5.74) is 12.7. The van der Waals surface area contributed by atoms with E-state index in [0.717, 1.165) is 69.9 Å². The SMILES string of the molecule is O=C1CC[C@@H](N2Cc3cc(N4CCN(CC5CCN(c6ccc([C@@H]7c8ccc(O)cc8CC[C@@H]7c7cccc8c7CC8)cc6)CC5)CC4)ccc3C2=O)C(=O)N1. The summed E-state index contributed by atoms with van der Waals surface area (Å²) in [4.78, 5) is 46.5. The lowest BCUT2D eigenvalue weighted by Crippen LogP contribution is -2.52. The number of carbonyl (C=O) groups excluding carboxylic acids is 3. The molecule has 0 unspecified atom stereocenters. The van der Waals surface area contributed by atoms with Crippen molar-refractivity contribution in [3.63, 3.8) is 0 Å². The fourth-order valence-electron chi connectivity index (χ4n) is 10.8. The number of hydrogen-bond acceptors (Lipinski definition) is 7. The van der Waals surface area contributed by atoms with E-state index in [4.69, 9.17) is 0 Å². The molecule has 10 rings (SSSR count). The second kappa shape index (κ2) is 14.4. The predicted molar refractivity (Wildman–Crippen MR) is 217 cm³/mol. The van der Waals surface area contributed by atoms with Gasteiger partial charge in [0.1, 0.15) is 11.8 Å². The second-order valence-electron chi connectivity index (χ2n) is 17.0. The molecule has 3 amide bonds. The number of amides is 3. The standard InChI is InChI=1S/C47H51N5O4/c53-37-11-15-39-33(27-37)7-13-42(41-3-1-2-31-6-12-38(31)41)45(39)32-4-8-35(9-5-32)50-20-18-30(19-21-50)28-49-22-24-51(25-23-49)36-10-14-40-34(26-36)29-52(47(40)56)43-16-17-44(54)48-46(43)55/h1-5,8-11,14-15,26-27,30,42-43,45,53H,6-7,12-13,16-25,28-29H2,(H,48,54,55)/t42-,43-,45-/m1/s1. The molecule has 0 aromatic heterocycles. The van der Waals surface area contributed by atoms with Gasteiger partial charge in [-0.25, -0.2) is 0 Å². The van der Waals surface area contributed by atoms with Gasteiger partial charge in [-0.05, 0) is 138 Å². The lowest BCUT2D eigenvalue weighted by molar-refractivity contribution is -0.136. The number of carbonyl (C=O) groups is 3. The van der Waals surface area contributed by atoms with Gasteiger partial charge in [0.05, 0.1) is 0 Å². The topological polar surface area (TPSA) is 96.4 Å². The molecule has 6 aliphatic rings. The molecule has 4 heterocycles. The quantitative estimate of drug-likeness (QED) is 0.219. The third-order valence-corrected chi connectivity index (χ3v) is 13.9. The number of anilines is 2. The van der Waals surface area contributed by atoms with Crippen LogP contribution in [0.3, 0.4) is 0 Å². The maximum absolute atomic E-state index is 13.2. The van der Waals surface area contributed by atoms with E-state index in [1.54, 1.807) is 10.5 Å². The van der Waals surface area contributed by atoms with E-state index in [-0.39, 0.29) is 30.1 Å². The Morgan fingerprint density at radius 2 is 1.45 bits per heavy atom. The van der Waals surface area contributed by atoms with Crippen molar-refractivity contribution in [1.29, 1.82) is 0 Å². The largest absolute Gasteiger partial charge is 0.508 e. The maximum atomic E-state index is 13.2. The molecule has 4 aliphatic heterocycles. The van der Waals surface area contributed by atoms with E-state index in [1.807, 2.05) is 24.3 Å². The van der Waals surface area contributed by atoms with Gasteiger partial charge in [0.2, 0.25) is 11.8 Å². The van der Waals surface area contributed by atoms with Gasteiger partial charge in [0.25, 0.3) is 5.91 Å². The first-order chi connectivity index (χ1) is 27.4. The summed E-state index contributed by atoms with van der Waals surface area (Å²) in [7, 11) is 0. The van der Waals surface area contributed by atoms with E-state index in [0.29, 0.717) is 36.1 Å². The molecular weight excluding hydrogens is 699 g/mol. The molecule has 4 aromatic carbocycles. The summed E-state index contributed by atoms with van der Waals surface area (Å²) >= 11 is 0. The first-order valence-corrected chi connectivity index (χ1v) is 20.9. The van der Waals surface area contributed by atoms with Crippen LogP contribution in [0.15, 0.2) is 78.9 Å². The zero-order valence-electron chi connectivity index (χ0n) is 32.1. The third kappa shape index (κ3) is 6.43. The molecule has 9 heteroatoms. The Hall–Kier alpha value is -5.15. The minimum atomic E-state index is -0.585. The molecule has 2 aliphatic carbocycles. The minimum Gasteiger partial charge on any atom is -0.508 e. The average Bonchev–Trinajstić information content (AvgIpc) is 3.53. The van der Waals surface area contributed by atoms with Crippen molar-refractivity contribution in [2.75, 3.05) is 55.6 Å². The Balaban J connectivity index is 0.740. The van der Waals surface area contributed by atoms with E-state index >= 15 is 0 Å². The molecule has 0 spiro atoms. The van der Waals surface area contributed by atoms with E-state index in [2.05, 4.69) is 74.6 Å². The Kier molecular flexibility index (Phi) is 9.08. The normalized spacial score (nSPS) is 24.0. The van der Waals surface area contributed by atoms with Gasteiger partial charge in [0, 0.05) is 81.6 Å². The summed E-state index contributed by atoms with van der Waals surface area (Å²) in [5.74, 6) is 1.04. The summed E-state index contributed by atoms with van der Waals surface area (Å²) in [6.45, 7) is 7.67. The van der Waals surface area contributed by atoms with Gasteiger partial charge < -0.3 is 19.8 Å². The fourth-order valence-corrected chi connectivity index (χ4v) is 10.8. The molecule has 56 heavy (non-hydrogen) atoms. The number of nitrogens with zero attached hydrogens (tertiary/aromatic N) is 4. The van der Waals surface area contributed by atoms with Crippen LogP contribution >= 0.6 is 0 Å². The fraction of sp³-hybridized carbons (Fsp3) is 0.426. The Labute approximate surface area is 329 Å². The van der Waals surface area contributed by atoms with Gasteiger partial charge in [0.15, 0.2) is 0 Å². The highest BCUT2D eigenvalue weighted by Gasteiger charge is 2.40. The number of aromatic hydroxyl groups is 1. The first kappa shape index (κ1) is 35.3. The number of nitrogens with one attached hydrogen (secondary N) is 1. The summed E-state index contributed by atoms with van der Waals surface area (Å²) in [6, 6.07) is 27.9. The van der Waals surface area contributed by atoms with Crippen molar-refractivity contribution in [2.45, 2.75) is 75.8 Å². The van der Waals surface area contributed by atoms with Crippen LogP contribution in [-0.2, 0) is 35.4 Å². The van der Waals surface area contributed by atoms with Crippen LogP contribution < -0.4 is 15.1 Å². The number of phenols is 1. The van der Waals surface area contributed by atoms with Gasteiger partial charge >= 0.3 is 0 Å². The molecule has 4 aromatic rings. The number of piperazine rings is 1. The third-order valence-electron chi connectivity index (χ3n) is 13.9. The highest BCUT2D eigenvalue weighted by atomic mass is 16.3. The molecule has 3 saturated heterocycles. The van der Waals surface area contributed by atoms with Gasteiger partial charge in [-0.15, -0.1) is 0 Å². The van der Waals surface area contributed by atoms with E-state index in [1.165, 1.54) is 59.2 Å². The Morgan fingerprint density at radius 1 is 0.661 bits per heavy atom. The zero-order valence-corrected chi connectivity index (χ0v) is 32.1. The monoisotopic (exact) mass is 749 g/mol. The van der Waals surface area contributed by atoms with Gasteiger partial charge in [-0.1, -0.05) is 36.4 Å². The number of hydrogen-bond donors (Lipinski definition) is 2. The van der Waals surface area contributed by atoms with Crippen LogP contribution in [0.1, 0.15) is 93.2 Å². The lowest BCUT2D eigenvalue weighted by atomic mass is 9.66. The van der Waals surface area contributed by atoms with Gasteiger partial charge in [-0.3, -0.25) is 24.6 Å². The number of piperidine rings is 2. The Morgan fingerprint density at radius 3 is 2.21 bits per heavy atom. The van der Waals surface area contributed by atoms with Crippen molar-refractivity contribution >= 4 is 29.1 Å². The van der Waals surface area contributed by atoms with Crippen LogP contribution in [-0.4, -0.2) is 84.5 Å². The molecule has 3 atom stereocenters. The molecular formula is C47H51N5O4. The van der Waals surface area contributed by atoms with E-state index < -0.39 is 6.04 Å². The van der Waals surface area contributed by atoms with Crippen LogP contribution in [0.2, 0.25) is 0 Å². The van der Waals surface area contributed by atoms with Crippen LogP contribution in [0.5, 0.6) is 5.75 Å². The van der Waals surface area contributed by atoms with Crippen molar-refractivity contribution in [2.24, 2.45) is 5.92 Å². The molecule has 3 fully saturated rings. The maximum Gasteiger partial charge on any atom is 0.255 e. The lowest BCUT2D eigenvalue weighted by Gasteiger charge is -2.40. The average molecular weight is 750 g/mol. The number of benzene rings is 4. The van der Waals surface area contributed by atoms with Crippen LogP contribution in [0.25, 0.3) is 0 Å². The zero-order chi connectivity index (χ0) is 37.9. The van der Waals surface area contributed by atoms with Crippen molar-refractivity contribution < 1.29 is 19.5 Å². The number of imide groups is 1. The number of phenolic OH excluding ortho intramolecular Hbond substituents is 1. The van der Waals surface area contributed by atoms with Crippen LogP contribution in [0, 0.1) is 5.92 Å². The first-order valence-electron chi connectivity index (χ1n) is 20.9.